The first kappa shape index (κ1) is 11.6. The molecule has 0 aliphatic heterocycles. The van der Waals surface area contributed by atoms with Gasteiger partial charge >= 0.3 is 0 Å². The molecule has 5 heteroatoms. The molecule has 0 aliphatic carbocycles. The van der Waals surface area contributed by atoms with Crippen LogP contribution in [0.1, 0.15) is 5.56 Å². The third-order valence-electron chi connectivity index (χ3n) is 1.66. The number of nitrogens with one attached hydrogen (secondary N) is 1. The van der Waals surface area contributed by atoms with E-state index in [1.165, 1.54) is 11.8 Å². The molecule has 14 heavy (non-hydrogen) atoms. The van der Waals surface area contributed by atoms with Crippen LogP contribution in [0.15, 0.2) is 27.6 Å². The number of amides is 1. The lowest BCUT2D eigenvalue weighted by Gasteiger charge is -2.04. The van der Waals surface area contributed by atoms with E-state index < -0.39 is 0 Å². The largest absolute Gasteiger partial charge is 0.294 e. The van der Waals surface area contributed by atoms with Gasteiger partial charge < -0.3 is 0 Å². The first-order valence-electron chi connectivity index (χ1n) is 4.02. The summed E-state index contributed by atoms with van der Waals surface area (Å²) < 4.78 is 1.04. The molecule has 3 nitrogen and oxygen atoms in total. The van der Waals surface area contributed by atoms with Crippen molar-refractivity contribution in [1.29, 1.82) is 0 Å². The van der Waals surface area contributed by atoms with Crippen molar-refractivity contribution in [3.63, 3.8) is 0 Å². The molecule has 0 radical (unpaired) electrons. The predicted octanol–water partition coefficient (Wildman–Crippen LogP) is 1.84. The number of halogens is 1. The molecule has 0 fully saturated rings. The average Bonchev–Trinajstić information content (AvgIpc) is 2.16. The Labute approximate surface area is 95.5 Å². The number of hydrogen-bond acceptors (Lipinski definition) is 3. The normalized spacial score (nSPS) is 9.93. The van der Waals surface area contributed by atoms with Gasteiger partial charge in [0.05, 0.1) is 5.75 Å². The van der Waals surface area contributed by atoms with Crippen molar-refractivity contribution < 1.29 is 4.79 Å². The summed E-state index contributed by atoms with van der Waals surface area (Å²) in [5, 5.41) is 0. The zero-order chi connectivity index (χ0) is 10.6. The Hall–Kier alpha value is -0.520. The van der Waals surface area contributed by atoms with E-state index in [-0.39, 0.29) is 5.91 Å². The Kier molecular flexibility index (Phi) is 4.44. The summed E-state index contributed by atoms with van der Waals surface area (Å²) in [6.07, 6.45) is 0. The Bertz CT molecular complexity index is 344. The van der Waals surface area contributed by atoms with Crippen molar-refractivity contribution in [2.24, 2.45) is 5.84 Å². The summed E-state index contributed by atoms with van der Waals surface area (Å²) in [5.74, 6) is 5.16. The average molecular weight is 275 g/mol. The van der Waals surface area contributed by atoms with E-state index in [1.54, 1.807) is 0 Å². The fraction of sp³-hybridized carbons (Fsp3) is 0.222. The fourth-order valence-electron chi connectivity index (χ4n) is 0.960. The van der Waals surface area contributed by atoms with Gasteiger partial charge in [0, 0.05) is 9.37 Å². The maximum absolute atomic E-state index is 10.9. The minimum atomic E-state index is -0.169. The van der Waals surface area contributed by atoms with E-state index >= 15 is 0 Å². The van der Waals surface area contributed by atoms with E-state index in [1.807, 2.05) is 25.1 Å². The van der Waals surface area contributed by atoms with Crippen molar-refractivity contribution in [3.8, 4) is 0 Å². The molecular weight excluding hydrogens is 264 g/mol. The summed E-state index contributed by atoms with van der Waals surface area (Å²) in [4.78, 5) is 12.0. The molecule has 0 saturated heterocycles. The van der Waals surface area contributed by atoms with Gasteiger partial charge in [0.1, 0.15) is 0 Å². The molecule has 1 aromatic rings. The number of carbonyl (C=O) groups is 1. The molecule has 76 valence electrons. The predicted molar refractivity (Wildman–Crippen MR) is 61.9 cm³/mol. The second-order valence-corrected chi connectivity index (χ2v) is 4.70. The summed E-state index contributed by atoms with van der Waals surface area (Å²) in [6, 6.07) is 5.95. The van der Waals surface area contributed by atoms with Crippen LogP contribution in [0.4, 0.5) is 0 Å². The van der Waals surface area contributed by atoms with Gasteiger partial charge in [-0.15, -0.1) is 11.8 Å². The van der Waals surface area contributed by atoms with Crippen LogP contribution in [-0.4, -0.2) is 11.7 Å². The van der Waals surface area contributed by atoms with E-state index in [4.69, 9.17) is 5.84 Å². The number of rotatable bonds is 3. The zero-order valence-electron chi connectivity index (χ0n) is 7.71. The van der Waals surface area contributed by atoms with E-state index in [0.717, 1.165) is 14.9 Å². The highest BCUT2D eigenvalue weighted by molar-refractivity contribution is 9.10. The Balaban J connectivity index is 2.63. The third-order valence-corrected chi connectivity index (χ3v) is 3.33. The maximum Gasteiger partial charge on any atom is 0.244 e. The van der Waals surface area contributed by atoms with Crippen LogP contribution in [0.3, 0.4) is 0 Å². The number of aryl methyl sites for hydroxylation is 1. The molecule has 0 heterocycles. The second kappa shape index (κ2) is 5.38. The van der Waals surface area contributed by atoms with Crippen molar-refractivity contribution in [1.82, 2.24) is 5.43 Å². The van der Waals surface area contributed by atoms with Crippen LogP contribution in [0.2, 0.25) is 0 Å². The molecule has 0 spiro atoms. The highest BCUT2D eigenvalue weighted by atomic mass is 79.9. The number of carbonyl (C=O) groups excluding carboxylic acids is 1. The fourth-order valence-corrected chi connectivity index (χ4v) is 2.26. The number of thioether (sulfide) groups is 1. The molecule has 3 N–H and O–H groups in total. The van der Waals surface area contributed by atoms with Gasteiger partial charge in [0.25, 0.3) is 0 Å². The first-order valence-corrected chi connectivity index (χ1v) is 5.79. The minimum absolute atomic E-state index is 0.169. The maximum atomic E-state index is 10.9. The molecule has 1 aromatic carbocycles. The molecule has 0 aliphatic rings. The molecule has 1 amide bonds. The zero-order valence-corrected chi connectivity index (χ0v) is 10.1. The van der Waals surface area contributed by atoms with Crippen molar-refractivity contribution in [3.05, 3.63) is 28.2 Å². The van der Waals surface area contributed by atoms with Crippen LogP contribution in [0, 0.1) is 6.92 Å². The van der Waals surface area contributed by atoms with E-state index in [9.17, 15) is 4.79 Å². The highest BCUT2D eigenvalue weighted by Crippen LogP contribution is 2.24. The molecule has 0 atom stereocenters. The monoisotopic (exact) mass is 274 g/mol. The van der Waals surface area contributed by atoms with Crippen LogP contribution in [-0.2, 0) is 4.79 Å². The third kappa shape index (κ3) is 3.32. The van der Waals surface area contributed by atoms with Gasteiger partial charge in [-0.2, -0.15) is 0 Å². The number of hydrogen-bond donors (Lipinski definition) is 2. The first-order chi connectivity index (χ1) is 6.63. The molecule has 0 unspecified atom stereocenters. The van der Waals surface area contributed by atoms with Crippen LogP contribution < -0.4 is 11.3 Å². The van der Waals surface area contributed by atoms with Gasteiger partial charge in [-0.3, -0.25) is 10.2 Å². The van der Waals surface area contributed by atoms with Crippen LogP contribution >= 0.6 is 27.7 Å². The Morgan fingerprint density at radius 2 is 2.36 bits per heavy atom. The van der Waals surface area contributed by atoms with E-state index in [0.29, 0.717) is 5.75 Å². The summed E-state index contributed by atoms with van der Waals surface area (Å²) in [6.45, 7) is 2.01. The smallest absolute Gasteiger partial charge is 0.244 e. The van der Waals surface area contributed by atoms with Gasteiger partial charge in [-0.1, -0.05) is 15.9 Å². The second-order valence-electron chi connectivity index (χ2n) is 2.77. The van der Waals surface area contributed by atoms with Crippen LogP contribution in [0.25, 0.3) is 0 Å². The molecule has 0 bridgehead atoms. The van der Waals surface area contributed by atoms with Gasteiger partial charge in [-0.05, 0) is 30.7 Å². The topological polar surface area (TPSA) is 55.1 Å². The van der Waals surface area contributed by atoms with Gasteiger partial charge in [-0.25, -0.2) is 5.84 Å². The number of benzene rings is 1. The minimum Gasteiger partial charge on any atom is -0.294 e. The Morgan fingerprint density at radius 1 is 1.64 bits per heavy atom. The SMILES string of the molecule is Cc1cc(Br)ccc1SCC(=O)NN. The molecule has 1 rings (SSSR count). The standard InChI is InChI=1S/C9H11BrN2OS/c1-6-4-7(10)2-3-8(6)14-5-9(13)12-11/h2-4H,5,11H2,1H3,(H,12,13). The van der Waals surface area contributed by atoms with Crippen molar-refractivity contribution in [2.75, 3.05) is 5.75 Å². The number of nitrogens with two attached hydrogens (primary N) is 1. The highest BCUT2D eigenvalue weighted by Gasteiger charge is 2.03. The summed E-state index contributed by atoms with van der Waals surface area (Å²) in [5.41, 5.74) is 3.24. The van der Waals surface area contributed by atoms with Crippen LogP contribution in [0.5, 0.6) is 0 Å². The lowest BCUT2D eigenvalue weighted by Crippen LogP contribution is -2.31. The lowest BCUT2D eigenvalue weighted by molar-refractivity contribution is -0.118. The number of hydrazine groups is 1. The molecular formula is C9H11BrN2OS. The Morgan fingerprint density at radius 3 is 2.93 bits per heavy atom. The lowest BCUT2D eigenvalue weighted by atomic mass is 10.2. The van der Waals surface area contributed by atoms with Crippen molar-refractivity contribution >= 4 is 33.6 Å². The van der Waals surface area contributed by atoms with E-state index in [2.05, 4.69) is 21.4 Å². The quantitative estimate of drug-likeness (QED) is 0.383. The summed E-state index contributed by atoms with van der Waals surface area (Å²) >= 11 is 4.86. The van der Waals surface area contributed by atoms with Crippen molar-refractivity contribution in [2.45, 2.75) is 11.8 Å². The molecule has 0 saturated carbocycles. The molecule has 0 aromatic heterocycles. The van der Waals surface area contributed by atoms with Gasteiger partial charge in [0.15, 0.2) is 0 Å². The summed E-state index contributed by atoms with van der Waals surface area (Å²) in [7, 11) is 0. The van der Waals surface area contributed by atoms with Gasteiger partial charge in [0.2, 0.25) is 5.91 Å².